The number of likely N-dealkylation sites (tertiary alicyclic amines) is 1. The molecule has 2 N–H and O–H groups in total. The third-order valence-electron chi connectivity index (χ3n) is 3.34. The number of aryl methyl sites for hydroxylation is 1. The van der Waals surface area contributed by atoms with Gasteiger partial charge in [-0.15, -0.1) is 0 Å². The Bertz CT molecular complexity index is 335. The summed E-state index contributed by atoms with van der Waals surface area (Å²) in [7, 11) is 0. The van der Waals surface area contributed by atoms with Crippen molar-refractivity contribution in [2.45, 2.75) is 32.4 Å². The molecule has 0 bridgehead atoms. The molecule has 82 valence electrons. The molecule has 0 aromatic heterocycles. The number of hydrogen-bond acceptors (Lipinski definition) is 2. The third kappa shape index (κ3) is 2.06. The van der Waals surface area contributed by atoms with Crippen molar-refractivity contribution in [3.8, 4) is 0 Å². The van der Waals surface area contributed by atoms with Crippen molar-refractivity contribution >= 4 is 0 Å². The standard InChI is InChI=1S/C13H20N2/c1-3-15-8-7-12(14)13(15)11-6-4-5-10(2)9-11/h4-6,9,12-13H,3,7-8,14H2,1-2H3. The second-order valence-electron chi connectivity index (χ2n) is 4.44. The first-order valence-corrected chi connectivity index (χ1v) is 5.78. The molecule has 0 spiro atoms. The number of benzene rings is 1. The number of rotatable bonds is 2. The molecule has 1 aromatic carbocycles. The van der Waals surface area contributed by atoms with Gasteiger partial charge in [-0.3, -0.25) is 4.90 Å². The highest BCUT2D eigenvalue weighted by molar-refractivity contribution is 5.27. The molecule has 0 aliphatic carbocycles. The summed E-state index contributed by atoms with van der Waals surface area (Å²) in [6, 6.07) is 9.45. The SMILES string of the molecule is CCN1CCC(N)C1c1cccc(C)c1. The Morgan fingerprint density at radius 1 is 1.47 bits per heavy atom. The van der Waals surface area contributed by atoms with E-state index in [-0.39, 0.29) is 0 Å². The molecule has 2 nitrogen and oxygen atoms in total. The molecule has 0 saturated carbocycles. The second-order valence-corrected chi connectivity index (χ2v) is 4.44. The number of hydrogen-bond donors (Lipinski definition) is 1. The van der Waals surface area contributed by atoms with E-state index in [0.717, 1.165) is 19.5 Å². The van der Waals surface area contributed by atoms with Crippen molar-refractivity contribution in [1.82, 2.24) is 4.90 Å². The van der Waals surface area contributed by atoms with Crippen LogP contribution in [0, 0.1) is 6.92 Å². The minimum Gasteiger partial charge on any atom is -0.326 e. The van der Waals surface area contributed by atoms with Crippen LogP contribution in [0.4, 0.5) is 0 Å². The zero-order valence-corrected chi connectivity index (χ0v) is 9.61. The highest BCUT2D eigenvalue weighted by atomic mass is 15.2. The van der Waals surface area contributed by atoms with Crippen LogP contribution < -0.4 is 5.73 Å². The summed E-state index contributed by atoms with van der Waals surface area (Å²) < 4.78 is 0. The van der Waals surface area contributed by atoms with E-state index in [9.17, 15) is 0 Å². The summed E-state index contributed by atoms with van der Waals surface area (Å²) in [4.78, 5) is 2.47. The first kappa shape index (κ1) is 10.7. The molecule has 1 saturated heterocycles. The summed E-state index contributed by atoms with van der Waals surface area (Å²) in [5.41, 5.74) is 8.88. The maximum absolute atomic E-state index is 6.19. The van der Waals surface area contributed by atoms with Gasteiger partial charge in [0.15, 0.2) is 0 Å². The molecule has 15 heavy (non-hydrogen) atoms. The quantitative estimate of drug-likeness (QED) is 0.799. The van der Waals surface area contributed by atoms with E-state index in [1.54, 1.807) is 0 Å². The lowest BCUT2D eigenvalue weighted by atomic mass is 9.99. The summed E-state index contributed by atoms with van der Waals surface area (Å²) in [5, 5.41) is 0. The van der Waals surface area contributed by atoms with Gasteiger partial charge in [0.1, 0.15) is 0 Å². The lowest BCUT2D eigenvalue weighted by Gasteiger charge is -2.26. The van der Waals surface area contributed by atoms with Crippen molar-refractivity contribution in [3.63, 3.8) is 0 Å². The van der Waals surface area contributed by atoms with E-state index in [1.807, 2.05) is 0 Å². The van der Waals surface area contributed by atoms with E-state index in [0.29, 0.717) is 12.1 Å². The minimum absolute atomic E-state index is 0.298. The third-order valence-corrected chi connectivity index (χ3v) is 3.34. The predicted octanol–water partition coefficient (Wildman–Crippen LogP) is 2.09. The normalized spacial score (nSPS) is 27.1. The van der Waals surface area contributed by atoms with Crippen molar-refractivity contribution in [2.24, 2.45) is 5.73 Å². The first-order chi connectivity index (χ1) is 7.22. The largest absolute Gasteiger partial charge is 0.326 e. The van der Waals surface area contributed by atoms with Crippen LogP contribution in [0.2, 0.25) is 0 Å². The van der Waals surface area contributed by atoms with Crippen LogP contribution in [0.25, 0.3) is 0 Å². The molecule has 2 heteroatoms. The Morgan fingerprint density at radius 3 is 2.93 bits per heavy atom. The average molecular weight is 204 g/mol. The Balaban J connectivity index is 2.28. The van der Waals surface area contributed by atoms with Gasteiger partial charge in [-0.25, -0.2) is 0 Å². The molecular weight excluding hydrogens is 184 g/mol. The monoisotopic (exact) mass is 204 g/mol. The van der Waals surface area contributed by atoms with Crippen LogP contribution in [0.5, 0.6) is 0 Å². The van der Waals surface area contributed by atoms with Gasteiger partial charge >= 0.3 is 0 Å². The van der Waals surface area contributed by atoms with Crippen LogP contribution in [0.15, 0.2) is 24.3 Å². The zero-order valence-electron chi connectivity index (χ0n) is 9.61. The molecule has 2 rings (SSSR count). The molecule has 1 aromatic rings. The minimum atomic E-state index is 0.298. The first-order valence-electron chi connectivity index (χ1n) is 5.78. The number of nitrogens with two attached hydrogens (primary N) is 1. The van der Waals surface area contributed by atoms with Gasteiger partial charge in [-0.05, 0) is 25.5 Å². The summed E-state index contributed by atoms with van der Waals surface area (Å²) >= 11 is 0. The zero-order chi connectivity index (χ0) is 10.8. The van der Waals surface area contributed by atoms with Gasteiger partial charge < -0.3 is 5.73 Å². The van der Waals surface area contributed by atoms with Crippen LogP contribution in [0.3, 0.4) is 0 Å². The fourth-order valence-corrected chi connectivity index (χ4v) is 2.55. The van der Waals surface area contributed by atoms with Gasteiger partial charge in [0.05, 0.1) is 0 Å². The molecule has 1 fully saturated rings. The smallest absolute Gasteiger partial charge is 0.0499 e. The molecule has 1 aliphatic rings. The summed E-state index contributed by atoms with van der Waals surface area (Å²) in [6.45, 7) is 6.57. The predicted molar refractivity (Wildman–Crippen MR) is 63.8 cm³/mol. The molecule has 2 atom stereocenters. The molecule has 0 amide bonds. The second kappa shape index (κ2) is 4.33. The van der Waals surface area contributed by atoms with Gasteiger partial charge in [0, 0.05) is 18.6 Å². The Morgan fingerprint density at radius 2 is 2.27 bits per heavy atom. The molecule has 2 unspecified atom stereocenters. The van der Waals surface area contributed by atoms with Crippen LogP contribution in [0.1, 0.15) is 30.5 Å². The van der Waals surface area contributed by atoms with E-state index < -0.39 is 0 Å². The number of nitrogens with zero attached hydrogens (tertiary/aromatic N) is 1. The molecule has 1 heterocycles. The summed E-state index contributed by atoms with van der Waals surface area (Å²) in [5.74, 6) is 0. The van der Waals surface area contributed by atoms with E-state index in [1.165, 1.54) is 11.1 Å². The maximum Gasteiger partial charge on any atom is 0.0499 e. The van der Waals surface area contributed by atoms with Crippen LogP contribution in [-0.2, 0) is 0 Å². The number of likely N-dealkylation sites (N-methyl/N-ethyl adjacent to an activating group) is 1. The maximum atomic E-state index is 6.19. The fraction of sp³-hybridized carbons (Fsp3) is 0.538. The average Bonchev–Trinajstić information content (AvgIpc) is 2.59. The highest BCUT2D eigenvalue weighted by Crippen LogP contribution is 2.30. The van der Waals surface area contributed by atoms with Gasteiger partial charge in [-0.1, -0.05) is 36.8 Å². The lowest BCUT2D eigenvalue weighted by Crippen LogP contribution is -2.31. The van der Waals surface area contributed by atoms with Crippen molar-refractivity contribution in [3.05, 3.63) is 35.4 Å². The van der Waals surface area contributed by atoms with Crippen molar-refractivity contribution < 1.29 is 0 Å². The Labute approximate surface area is 92.1 Å². The van der Waals surface area contributed by atoms with Gasteiger partial charge in [0.2, 0.25) is 0 Å². The Kier molecular flexibility index (Phi) is 3.08. The van der Waals surface area contributed by atoms with Gasteiger partial charge in [-0.2, -0.15) is 0 Å². The Hall–Kier alpha value is -0.860. The van der Waals surface area contributed by atoms with E-state index in [2.05, 4.69) is 43.0 Å². The van der Waals surface area contributed by atoms with Crippen molar-refractivity contribution in [1.29, 1.82) is 0 Å². The van der Waals surface area contributed by atoms with E-state index in [4.69, 9.17) is 5.73 Å². The fourth-order valence-electron chi connectivity index (χ4n) is 2.55. The summed E-state index contributed by atoms with van der Waals surface area (Å²) in [6.07, 6.45) is 1.12. The molecular formula is C13H20N2. The molecule has 0 radical (unpaired) electrons. The van der Waals surface area contributed by atoms with Crippen LogP contribution in [-0.4, -0.2) is 24.0 Å². The molecule has 1 aliphatic heterocycles. The van der Waals surface area contributed by atoms with E-state index >= 15 is 0 Å². The topological polar surface area (TPSA) is 29.3 Å². The van der Waals surface area contributed by atoms with Gasteiger partial charge in [0.25, 0.3) is 0 Å². The highest BCUT2D eigenvalue weighted by Gasteiger charge is 2.31. The van der Waals surface area contributed by atoms with Crippen LogP contribution >= 0.6 is 0 Å². The lowest BCUT2D eigenvalue weighted by molar-refractivity contribution is 0.261. The van der Waals surface area contributed by atoms with Crippen molar-refractivity contribution in [2.75, 3.05) is 13.1 Å².